The second kappa shape index (κ2) is 7.34. The summed E-state index contributed by atoms with van der Waals surface area (Å²) in [5.41, 5.74) is 4.01. The van der Waals surface area contributed by atoms with Crippen LogP contribution in [0.4, 0.5) is 0 Å². The zero-order valence-electron chi connectivity index (χ0n) is 16.8. The Bertz CT molecular complexity index is 1150. The lowest BCUT2D eigenvalue weighted by molar-refractivity contribution is 0.0950. The smallest absolute Gasteiger partial charge is 0.257 e. The van der Waals surface area contributed by atoms with Crippen molar-refractivity contribution >= 4 is 5.91 Å². The molecule has 0 unspecified atom stereocenters. The quantitative estimate of drug-likeness (QED) is 0.563. The first-order chi connectivity index (χ1) is 13.9. The molecule has 4 aromatic heterocycles. The van der Waals surface area contributed by atoms with E-state index in [0.717, 1.165) is 22.8 Å². The fourth-order valence-corrected chi connectivity index (χ4v) is 3.35. The molecule has 4 aromatic rings. The Hall–Kier alpha value is -3.75. The number of rotatable bonds is 5. The van der Waals surface area contributed by atoms with Gasteiger partial charge in [0.25, 0.3) is 5.91 Å². The number of hydrogen-bond acceptors (Lipinski definition) is 5. The van der Waals surface area contributed by atoms with Crippen LogP contribution in [0.25, 0.3) is 11.6 Å². The summed E-state index contributed by atoms with van der Waals surface area (Å²) >= 11 is 0. The van der Waals surface area contributed by atoms with E-state index in [2.05, 4.69) is 25.6 Å². The van der Waals surface area contributed by atoms with Gasteiger partial charge in [-0.3, -0.25) is 4.79 Å². The molecule has 1 amide bonds. The Balaban J connectivity index is 1.50. The fraction of sp³-hybridized carbons (Fsp3) is 0.250. The third-order valence-corrected chi connectivity index (χ3v) is 4.63. The molecule has 0 saturated carbocycles. The van der Waals surface area contributed by atoms with E-state index >= 15 is 0 Å². The minimum Gasteiger partial charge on any atom is -0.348 e. The summed E-state index contributed by atoms with van der Waals surface area (Å²) in [6.45, 7) is 6.11. The molecule has 9 nitrogen and oxygen atoms in total. The molecular weight excluding hydrogens is 368 g/mol. The van der Waals surface area contributed by atoms with Crippen LogP contribution in [0.15, 0.2) is 42.9 Å². The van der Waals surface area contributed by atoms with E-state index in [9.17, 15) is 4.79 Å². The largest absolute Gasteiger partial charge is 0.348 e. The summed E-state index contributed by atoms with van der Waals surface area (Å²) in [4.78, 5) is 17.3. The van der Waals surface area contributed by atoms with Gasteiger partial charge in [0.05, 0.1) is 11.4 Å². The van der Waals surface area contributed by atoms with Crippen LogP contribution in [0.5, 0.6) is 0 Å². The van der Waals surface area contributed by atoms with Gasteiger partial charge in [-0.1, -0.05) is 6.07 Å². The van der Waals surface area contributed by atoms with Crippen LogP contribution in [0, 0.1) is 20.8 Å². The first-order valence-corrected chi connectivity index (χ1v) is 9.24. The Labute approximate surface area is 168 Å². The maximum Gasteiger partial charge on any atom is 0.257 e. The Morgan fingerprint density at radius 2 is 2.00 bits per heavy atom. The average molecular weight is 390 g/mol. The van der Waals surface area contributed by atoms with Crippen molar-refractivity contribution in [1.29, 1.82) is 0 Å². The van der Waals surface area contributed by atoms with E-state index < -0.39 is 0 Å². The van der Waals surface area contributed by atoms with Crippen molar-refractivity contribution in [3.63, 3.8) is 0 Å². The highest BCUT2D eigenvalue weighted by Crippen LogP contribution is 2.17. The number of nitrogens with one attached hydrogen (secondary N) is 1. The van der Waals surface area contributed by atoms with E-state index in [1.165, 1.54) is 0 Å². The lowest BCUT2D eigenvalue weighted by atomic mass is 10.2. The van der Waals surface area contributed by atoms with Crippen molar-refractivity contribution < 1.29 is 4.79 Å². The molecule has 1 N–H and O–H groups in total. The third kappa shape index (κ3) is 3.54. The summed E-state index contributed by atoms with van der Waals surface area (Å²) < 4.78 is 5.09. The van der Waals surface area contributed by atoms with Gasteiger partial charge in [0.2, 0.25) is 0 Å². The average Bonchev–Trinajstić information content (AvgIpc) is 3.39. The van der Waals surface area contributed by atoms with Crippen LogP contribution in [-0.4, -0.2) is 40.2 Å². The van der Waals surface area contributed by atoms with Crippen LogP contribution < -0.4 is 5.32 Å². The molecule has 0 aromatic carbocycles. The highest BCUT2D eigenvalue weighted by Gasteiger charge is 2.21. The first kappa shape index (κ1) is 18.6. The number of amides is 1. The van der Waals surface area contributed by atoms with Crippen molar-refractivity contribution in [1.82, 2.24) is 39.6 Å². The number of carbonyl (C=O) groups excluding carboxylic acids is 1. The number of hydrogen-bond donors (Lipinski definition) is 1. The molecule has 4 rings (SSSR count). The normalized spacial score (nSPS) is 11.0. The second-order valence-electron chi connectivity index (χ2n) is 6.90. The van der Waals surface area contributed by atoms with Crippen molar-refractivity contribution in [2.45, 2.75) is 27.3 Å². The fourth-order valence-electron chi connectivity index (χ4n) is 3.35. The monoisotopic (exact) mass is 390 g/mol. The number of aromatic nitrogens is 7. The van der Waals surface area contributed by atoms with Gasteiger partial charge in [0, 0.05) is 37.9 Å². The minimum absolute atomic E-state index is 0.205. The predicted molar refractivity (Wildman–Crippen MR) is 107 cm³/mol. The van der Waals surface area contributed by atoms with Gasteiger partial charge < -0.3 is 5.32 Å². The highest BCUT2D eigenvalue weighted by atomic mass is 16.1. The Kier molecular flexibility index (Phi) is 4.71. The molecule has 4 heterocycles. The Morgan fingerprint density at radius 3 is 2.62 bits per heavy atom. The molecule has 0 radical (unpaired) electrons. The third-order valence-electron chi connectivity index (χ3n) is 4.63. The molecule has 0 fully saturated rings. The summed E-state index contributed by atoms with van der Waals surface area (Å²) in [5, 5.41) is 16.0. The number of aryl methyl sites for hydroxylation is 4. The van der Waals surface area contributed by atoms with E-state index in [0.29, 0.717) is 23.6 Å². The van der Waals surface area contributed by atoms with Crippen LogP contribution in [0.1, 0.15) is 33.0 Å². The molecule has 29 heavy (non-hydrogen) atoms. The zero-order valence-corrected chi connectivity index (χ0v) is 16.8. The molecule has 0 atom stereocenters. The lowest BCUT2D eigenvalue weighted by Crippen LogP contribution is -2.25. The molecular formula is C20H22N8O. The van der Waals surface area contributed by atoms with Crippen LogP contribution in [0.2, 0.25) is 0 Å². The van der Waals surface area contributed by atoms with Gasteiger partial charge in [0.1, 0.15) is 5.56 Å². The van der Waals surface area contributed by atoms with Gasteiger partial charge >= 0.3 is 0 Å². The maximum absolute atomic E-state index is 12.9. The Morgan fingerprint density at radius 1 is 1.17 bits per heavy atom. The molecule has 148 valence electrons. The molecule has 9 heteroatoms. The van der Waals surface area contributed by atoms with E-state index in [1.807, 2.05) is 39.0 Å². The van der Waals surface area contributed by atoms with Crippen LogP contribution in [-0.2, 0) is 13.6 Å². The topological polar surface area (TPSA) is 95.5 Å². The van der Waals surface area contributed by atoms with Crippen molar-refractivity contribution in [2.24, 2.45) is 7.05 Å². The van der Waals surface area contributed by atoms with E-state index in [1.54, 1.807) is 45.7 Å². The van der Waals surface area contributed by atoms with Gasteiger partial charge in [-0.05, 0) is 44.5 Å². The minimum atomic E-state index is -0.205. The number of nitrogens with zero attached hydrogens (tertiary/aromatic N) is 7. The molecule has 0 bridgehead atoms. The summed E-state index contributed by atoms with van der Waals surface area (Å²) in [6, 6.07) is 7.64. The summed E-state index contributed by atoms with van der Waals surface area (Å²) in [6.07, 6.45) is 5.20. The molecule has 0 saturated heterocycles. The van der Waals surface area contributed by atoms with Gasteiger partial charge in [-0.15, -0.1) is 0 Å². The lowest BCUT2D eigenvalue weighted by Gasteiger charge is -2.09. The van der Waals surface area contributed by atoms with Gasteiger partial charge in [0.15, 0.2) is 11.6 Å². The highest BCUT2D eigenvalue weighted by molar-refractivity contribution is 5.98. The van der Waals surface area contributed by atoms with Crippen molar-refractivity contribution in [2.75, 3.05) is 0 Å². The summed E-state index contributed by atoms with van der Waals surface area (Å²) in [7, 11) is 1.79. The van der Waals surface area contributed by atoms with Crippen molar-refractivity contribution in [3.8, 4) is 11.6 Å². The van der Waals surface area contributed by atoms with Gasteiger partial charge in [-0.25, -0.2) is 19.0 Å². The van der Waals surface area contributed by atoms with Crippen molar-refractivity contribution in [3.05, 3.63) is 71.1 Å². The number of carbonyl (C=O) groups is 1. The SMILES string of the molecule is Cc1cc(C)n(-c2ccc(CNC(=O)c3c(C)nn(C)c3-n3cccn3)cn2)n1. The molecule has 0 aliphatic rings. The summed E-state index contributed by atoms with van der Waals surface area (Å²) in [5.74, 6) is 1.17. The van der Waals surface area contributed by atoms with Crippen LogP contribution in [0.3, 0.4) is 0 Å². The van der Waals surface area contributed by atoms with E-state index in [-0.39, 0.29) is 5.91 Å². The number of pyridine rings is 1. The predicted octanol–water partition coefficient (Wildman–Crippen LogP) is 2.04. The molecule has 0 aliphatic heterocycles. The maximum atomic E-state index is 12.9. The first-order valence-electron chi connectivity index (χ1n) is 9.24. The molecule has 0 spiro atoms. The second-order valence-corrected chi connectivity index (χ2v) is 6.90. The van der Waals surface area contributed by atoms with Crippen LogP contribution >= 0.6 is 0 Å². The zero-order chi connectivity index (χ0) is 20.5. The van der Waals surface area contributed by atoms with E-state index in [4.69, 9.17) is 0 Å². The van der Waals surface area contributed by atoms with Gasteiger partial charge in [-0.2, -0.15) is 15.3 Å². The molecule has 0 aliphatic carbocycles. The standard InChI is InChI=1S/C20H22N8O/c1-13-10-14(2)28(24-13)17-7-6-16(11-21-17)12-22-19(29)18-15(3)25-26(4)20(18)27-9-5-8-23-27/h5-11H,12H2,1-4H3,(H,22,29).